The standard InChI is InChI=1S/C16H25N3O/c1-5-8-17-15-10-12(9-14(18-15)11(2)3)16(20)19(4)13-6-7-13/h9-11,13H,5-8H2,1-4H3,(H,17,18). The van der Waals surface area contributed by atoms with Crippen molar-refractivity contribution in [2.24, 2.45) is 0 Å². The number of carbonyl (C=O) groups excluding carboxylic acids is 1. The van der Waals surface area contributed by atoms with Crippen LogP contribution in [-0.4, -0.2) is 35.4 Å². The predicted molar refractivity (Wildman–Crippen MR) is 82.2 cm³/mol. The maximum absolute atomic E-state index is 12.5. The molecule has 0 aliphatic heterocycles. The van der Waals surface area contributed by atoms with Crippen molar-refractivity contribution in [1.29, 1.82) is 0 Å². The lowest BCUT2D eigenvalue weighted by molar-refractivity contribution is 0.0785. The van der Waals surface area contributed by atoms with Crippen molar-refractivity contribution in [1.82, 2.24) is 9.88 Å². The summed E-state index contributed by atoms with van der Waals surface area (Å²) >= 11 is 0. The molecule has 1 aliphatic carbocycles. The maximum Gasteiger partial charge on any atom is 0.254 e. The zero-order chi connectivity index (χ0) is 14.7. The van der Waals surface area contributed by atoms with Gasteiger partial charge in [-0.15, -0.1) is 0 Å². The van der Waals surface area contributed by atoms with E-state index < -0.39 is 0 Å². The van der Waals surface area contributed by atoms with Crippen molar-refractivity contribution in [3.63, 3.8) is 0 Å². The predicted octanol–water partition coefficient (Wildman–Crippen LogP) is 3.26. The molecule has 4 heteroatoms. The van der Waals surface area contributed by atoms with Crippen molar-refractivity contribution >= 4 is 11.7 Å². The summed E-state index contributed by atoms with van der Waals surface area (Å²) in [6.45, 7) is 7.20. The first kappa shape index (κ1) is 14.8. The van der Waals surface area contributed by atoms with Crippen molar-refractivity contribution in [3.8, 4) is 0 Å². The van der Waals surface area contributed by atoms with Crippen molar-refractivity contribution in [3.05, 3.63) is 23.4 Å². The van der Waals surface area contributed by atoms with E-state index in [-0.39, 0.29) is 5.91 Å². The zero-order valence-corrected chi connectivity index (χ0v) is 12.9. The third-order valence-corrected chi connectivity index (χ3v) is 3.65. The second-order valence-corrected chi connectivity index (χ2v) is 5.89. The molecule has 1 aromatic heterocycles. The average molecular weight is 275 g/mol. The van der Waals surface area contributed by atoms with E-state index in [1.165, 1.54) is 0 Å². The van der Waals surface area contributed by atoms with E-state index in [2.05, 4.69) is 31.1 Å². The Morgan fingerprint density at radius 3 is 2.70 bits per heavy atom. The molecule has 1 amide bonds. The zero-order valence-electron chi connectivity index (χ0n) is 12.9. The Kier molecular flexibility index (Phi) is 4.63. The summed E-state index contributed by atoms with van der Waals surface area (Å²) in [5, 5.41) is 3.29. The second kappa shape index (κ2) is 6.25. The van der Waals surface area contributed by atoms with Crippen LogP contribution in [0.15, 0.2) is 12.1 Å². The van der Waals surface area contributed by atoms with Gasteiger partial charge in [0.05, 0.1) is 0 Å². The SMILES string of the molecule is CCCNc1cc(C(=O)N(C)C2CC2)cc(C(C)C)n1. The average Bonchev–Trinajstić information content (AvgIpc) is 3.27. The van der Waals surface area contributed by atoms with E-state index in [4.69, 9.17) is 0 Å². The highest BCUT2D eigenvalue weighted by molar-refractivity contribution is 5.95. The summed E-state index contributed by atoms with van der Waals surface area (Å²) in [6.07, 6.45) is 3.30. The Morgan fingerprint density at radius 1 is 1.45 bits per heavy atom. The molecule has 0 unspecified atom stereocenters. The molecular formula is C16H25N3O. The van der Waals surface area contributed by atoms with Crippen LogP contribution < -0.4 is 5.32 Å². The fourth-order valence-electron chi connectivity index (χ4n) is 2.15. The van der Waals surface area contributed by atoms with Crippen LogP contribution in [0.1, 0.15) is 62.0 Å². The number of pyridine rings is 1. The Bertz CT molecular complexity index is 481. The van der Waals surface area contributed by atoms with Gasteiger partial charge in [-0.3, -0.25) is 4.79 Å². The van der Waals surface area contributed by atoms with E-state index in [9.17, 15) is 4.79 Å². The minimum absolute atomic E-state index is 0.108. The van der Waals surface area contributed by atoms with Crippen LogP contribution >= 0.6 is 0 Å². The fourth-order valence-corrected chi connectivity index (χ4v) is 2.15. The molecule has 110 valence electrons. The summed E-state index contributed by atoms with van der Waals surface area (Å²) in [7, 11) is 1.90. The molecule has 1 heterocycles. The van der Waals surface area contributed by atoms with Crippen molar-refractivity contribution in [2.75, 3.05) is 18.9 Å². The van der Waals surface area contributed by atoms with Crippen LogP contribution in [0.5, 0.6) is 0 Å². The molecule has 4 nitrogen and oxygen atoms in total. The van der Waals surface area contributed by atoms with Crippen LogP contribution in [0.2, 0.25) is 0 Å². The quantitative estimate of drug-likeness (QED) is 0.866. The van der Waals surface area contributed by atoms with Crippen LogP contribution in [0.4, 0.5) is 5.82 Å². The molecule has 2 rings (SSSR count). The molecule has 0 atom stereocenters. The number of hydrogen-bond donors (Lipinski definition) is 1. The Labute approximate surface area is 121 Å². The van der Waals surface area contributed by atoms with Gasteiger partial charge in [0.1, 0.15) is 5.82 Å². The lowest BCUT2D eigenvalue weighted by Gasteiger charge is -2.18. The summed E-state index contributed by atoms with van der Waals surface area (Å²) in [4.78, 5) is 19.0. The number of anilines is 1. The first-order valence-corrected chi connectivity index (χ1v) is 7.56. The van der Waals surface area contributed by atoms with Crippen LogP contribution in [-0.2, 0) is 0 Å². The van der Waals surface area contributed by atoms with Gasteiger partial charge in [0.15, 0.2) is 0 Å². The highest BCUT2D eigenvalue weighted by Crippen LogP contribution is 2.27. The summed E-state index contributed by atoms with van der Waals surface area (Å²) in [5.41, 5.74) is 1.72. The maximum atomic E-state index is 12.5. The molecule has 0 radical (unpaired) electrons. The van der Waals surface area contributed by atoms with E-state index >= 15 is 0 Å². The number of nitrogens with one attached hydrogen (secondary N) is 1. The second-order valence-electron chi connectivity index (χ2n) is 5.89. The molecule has 0 saturated heterocycles. The Hall–Kier alpha value is -1.58. The van der Waals surface area contributed by atoms with E-state index in [0.717, 1.165) is 42.9 Å². The van der Waals surface area contributed by atoms with Gasteiger partial charge in [-0.25, -0.2) is 4.98 Å². The molecule has 1 N–H and O–H groups in total. The third-order valence-electron chi connectivity index (χ3n) is 3.65. The summed E-state index contributed by atoms with van der Waals surface area (Å²) in [6, 6.07) is 4.25. The topological polar surface area (TPSA) is 45.2 Å². The van der Waals surface area contributed by atoms with Gasteiger partial charge in [-0.1, -0.05) is 20.8 Å². The molecule has 0 bridgehead atoms. The van der Waals surface area contributed by atoms with Gasteiger partial charge < -0.3 is 10.2 Å². The van der Waals surface area contributed by atoms with Gasteiger partial charge in [-0.05, 0) is 37.3 Å². The lowest BCUT2D eigenvalue weighted by Crippen LogP contribution is -2.29. The number of hydrogen-bond acceptors (Lipinski definition) is 3. The number of rotatable bonds is 6. The van der Waals surface area contributed by atoms with Crippen LogP contribution in [0.3, 0.4) is 0 Å². The molecule has 1 aliphatic rings. The molecule has 1 saturated carbocycles. The Morgan fingerprint density at radius 2 is 2.15 bits per heavy atom. The van der Waals surface area contributed by atoms with Gasteiger partial charge in [-0.2, -0.15) is 0 Å². The molecule has 0 aromatic carbocycles. The highest BCUT2D eigenvalue weighted by Gasteiger charge is 2.30. The van der Waals surface area contributed by atoms with E-state index in [1.807, 2.05) is 24.1 Å². The fraction of sp³-hybridized carbons (Fsp3) is 0.625. The van der Waals surface area contributed by atoms with Gasteiger partial charge in [0.2, 0.25) is 0 Å². The minimum Gasteiger partial charge on any atom is -0.370 e. The minimum atomic E-state index is 0.108. The van der Waals surface area contributed by atoms with Gasteiger partial charge in [0.25, 0.3) is 5.91 Å². The summed E-state index contributed by atoms with van der Waals surface area (Å²) < 4.78 is 0. The number of nitrogens with zero attached hydrogens (tertiary/aromatic N) is 2. The monoisotopic (exact) mass is 275 g/mol. The van der Waals surface area contributed by atoms with Crippen LogP contribution in [0, 0.1) is 0 Å². The largest absolute Gasteiger partial charge is 0.370 e. The van der Waals surface area contributed by atoms with Gasteiger partial charge in [0, 0.05) is 30.9 Å². The first-order valence-electron chi connectivity index (χ1n) is 7.56. The number of amides is 1. The van der Waals surface area contributed by atoms with E-state index in [1.54, 1.807) is 0 Å². The van der Waals surface area contributed by atoms with E-state index in [0.29, 0.717) is 12.0 Å². The van der Waals surface area contributed by atoms with Crippen LogP contribution in [0.25, 0.3) is 0 Å². The number of aromatic nitrogens is 1. The third kappa shape index (κ3) is 3.50. The summed E-state index contributed by atoms with van der Waals surface area (Å²) in [5.74, 6) is 1.23. The lowest BCUT2D eigenvalue weighted by atomic mass is 10.1. The smallest absolute Gasteiger partial charge is 0.254 e. The van der Waals surface area contributed by atoms with Gasteiger partial charge >= 0.3 is 0 Å². The molecule has 0 spiro atoms. The van der Waals surface area contributed by atoms with Crippen molar-refractivity contribution in [2.45, 2.75) is 52.0 Å². The number of carbonyl (C=O) groups is 1. The normalized spacial score (nSPS) is 14.4. The first-order chi connectivity index (χ1) is 9.52. The molecular weight excluding hydrogens is 250 g/mol. The van der Waals surface area contributed by atoms with Crippen molar-refractivity contribution < 1.29 is 4.79 Å². The highest BCUT2D eigenvalue weighted by atomic mass is 16.2. The molecule has 1 fully saturated rings. The molecule has 20 heavy (non-hydrogen) atoms. The molecule has 1 aromatic rings. The Balaban J connectivity index is 2.25.